The number of aryl methyl sites for hydroxylation is 1. The maximum atomic E-state index is 13.3. The Bertz CT molecular complexity index is 1020. The topological polar surface area (TPSA) is 80.1 Å². The highest BCUT2D eigenvalue weighted by atomic mass is 32.2. The molecule has 0 bridgehead atoms. The number of hydrogen-bond donors (Lipinski definition) is 1. The molecule has 0 saturated heterocycles. The molecule has 1 unspecified atom stereocenters. The Morgan fingerprint density at radius 2 is 1.94 bits per heavy atom. The van der Waals surface area contributed by atoms with Gasteiger partial charge in [-0.3, -0.25) is 9.59 Å². The van der Waals surface area contributed by atoms with Gasteiger partial charge in [-0.05, 0) is 37.1 Å². The van der Waals surface area contributed by atoms with E-state index in [2.05, 4.69) is 29.4 Å². The van der Waals surface area contributed by atoms with E-state index in [1.54, 1.807) is 35.2 Å². The highest BCUT2D eigenvalue weighted by molar-refractivity contribution is 7.99. The van der Waals surface area contributed by atoms with Gasteiger partial charge in [0.2, 0.25) is 5.91 Å². The fraction of sp³-hybridized carbons (Fsp3) is 0.304. The number of carbonyl (C=O) groups is 2. The summed E-state index contributed by atoms with van der Waals surface area (Å²) < 4.78 is 1.76. The van der Waals surface area contributed by atoms with Crippen molar-refractivity contribution in [2.45, 2.75) is 38.0 Å². The summed E-state index contributed by atoms with van der Waals surface area (Å²) >= 11 is 1.31. The van der Waals surface area contributed by atoms with Crippen LogP contribution in [0.25, 0.3) is 0 Å². The second kappa shape index (κ2) is 10.8. The molecular weight excluding hydrogens is 410 g/mol. The van der Waals surface area contributed by atoms with Crippen LogP contribution >= 0.6 is 11.8 Å². The van der Waals surface area contributed by atoms with Crippen LogP contribution in [0.3, 0.4) is 0 Å². The number of rotatable bonds is 9. The van der Waals surface area contributed by atoms with Crippen LogP contribution < -0.4 is 5.32 Å². The third-order valence-electron chi connectivity index (χ3n) is 4.97. The van der Waals surface area contributed by atoms with E-state index in [1.165, 1.54) is 11.8 Å². The van der Waals surface area contributed by atoms with E-state index in [0.29, 0.717) is 23.0 Å². The largest absolute Gasteiger partial charge is 0.332 e. The van der Waals surface area contributed by atoms with Crippen molar-refractivity contribution in [3.05, 3.63) is 72.1 Å². The Kier molecular flexibility index (Phi) is 7.83. The van der Waals surface area contributed by atoms with Gasteiger partial charge in [-0.25, -0.2) is 0 Å². The summed E-state index contributed by atoms with van der Waals surface area (Å²) in [7, 11) is 1.83. The third-order valence-corrected chi connectivity index (χ3v) is 6.01. The number of anilines is 1. The molecule has 2 amide bonds. The molecule has 31 heavy (non-hydrogen) atoms. The number of thioether (sulfide) groups is 1. The number of aromatic nitrogens is 3. The van der Waals surface area contributed by atoms with Gasteiger partial charge in [0, 0.05) is 30.9 Å². The van der Waals surface area contributed by atoms with Crippen LogP contribution in [0.5, 0.6) is 0 Å². The molecule has 0 aliphatic rings. The lowest BCUT2D eigenvalue weighted by atomic mass is 10.1. The molecule has 0 aliphatic heterocycles. The number of carbonyl (C=O) groups excluding carboxylic acids is 2. The smallest absolute Gasteiger partial charge is 0.254 e. The Morgan fingerprint density at radius 1 is 1.16 bits per heavy atom. The Hall–Kier alpha value is -3.13. The molecule has 0 spiro atoms. The van der Waals surface area contributed by atoms with E-state index in [9.17, 15) is 9.59 Å². The van der Waals surface area contributed by atoms with E-state index < -0.39 is 0 Å². The van der Waals surface area contributed by atoms with Gasteiger partial charge in [0.25, 0.3) is 5.91 Å². The minimum absolute atomic E-state index is 0.0530. The first kappa shape index (κ1) is 22.6. The molecule has 162 valence electrons. The average Bonchev–Trinajstić information content (AvgIpc) is 3.20. The zero-order valence-corrected chi connectivity index (χ0v) is 18.8. The number of hydrogen-bond acceptors (Lipinski definition) is 5. The lowest BCUT2D eigenvalue weighted by Gasteiger charge is -2.29. The van der Waals surface area contributed by atoms with E-state index >= 15 is 0 Å². The van der Waals surface area contributed by atoms with Crippen LogP contribution in [0.4, 0.5) is 5.69 Å². The zero-order chi connectivity index (χ0) is 22.2. The summed E-state index contributed by atoms with van der Waals surface area (Å²) in [5, 5.41) is 11.3. The van der Waals surface area contributed by atoms with Gasteiger partial charge in [-0.2, -0.15) is 0 Å². The summed E-state index contributed by atoms with van der Waals surface area (Å²) in [6.45, 7) is 4.66. The standard InChI is InChI=1S/C23H27N5O2S/c1-4-17(2)28(14-18-9-6-5-7-10-18)22(30)19-11-8-12-20(13-19)25-21(29)15-31-23-26-24-16-27(23)3/h5-13,16-17H,4,14-15H2,1-3H3,(H,25,29). The SMILES string of the molecule is CCC(C)N(Cc1ccccc1)C(=O)c1cccc(NC(=O)CSc2nncn2C)c1. The minimum Gasteiger partial charge on any atom is -0.332 e. The molecule has 1 atom stereocenters. The first-order chi connectivity index (χ1) is 15.0. The molecule has 1 aromatic heterocycles. The van der Waals surface area contributed by atoms with Crippen LogP contribution in [0.2, 0.25) is 0 Å². The zero-order valence-electron chi connectivity index (χ0n) is 18.0. The van der Waals surface area contributed by atoms with Crippen molar-refractivity contribution >= 4 is 29.3 Å². The van der Waals surface area contributed by atoms with Crippen molar-refractivity contribution in [1.29, 1.82) is 0 Å². The van der Waals surface area contributed by atoms with E-state index in [0.717, 1.165) is 12.0 Å². The van der Waals surface area contributed by atoms with E-state index in [4.69, 9.17) is 0 Å². The van der Waals surface area contributed by atoms with Crippen molar-refractivity contribution < 1.29 is 9.59 Å². The van der Waals surface area contributed by atoms with Crippen molar-refractivity contribution in [2.24, 2.45) is 7.05 Å². The van der Waals surface area contributed by atoms with Crippen molar-refractivity contribution in [1.82, 2.24) is 19.7 Å². The first-order valence-corrected chi connectivity index (χ1v) is 11.2. The maximum absolute atomic E-state index is 13.3. The molecule has 8 heteroatoms. The fourth-order valence-corrected chi connectivity index (χ4v) is 3.74. The van der Waals surface area contributed by atoms with Gasteiger partial charge in [0.1, 0.15) is 6.33 Å². The highest BCUT2D eigenvalue weighted by Crippen LogP contribution is 2.19. The molecule has 3 aromatic rings. The van der Waals surface area contributed by atoms with Gasteiger partial charge in [0.15, 0.2) is 5.16 Å². The third kappa shape index (κ3) is 6.18. The number of amides is 2. The van der Waals surface area contributed by atoms with Crippen molar-refractivity contribution in [2.75, 3.05) is 11.1 Å². The minimum atomic E-state index is -0.166. The summed E-state index contributed by atoms with van der Waals surface area (Å²) in [6.07, 6.45) is 2.45. The van der Waals surface area contributed by atoms with Crippen LogP contribution in [-0.4, -0.2) is 43.3 Å². The Labute approximate surface area is 186 Å². The average molecular weight is 438 g/mol. The molecule has 3 rings (SSSR count). The van der Waals surface area contributed by atoms with Crippen LogP contribution in [0.15, 0.2) is 66.1 Å². The normalized spacial score (nSPS) is 11.7. The van der Waals surface area contributed by atoms with Crippen LogP contribution in [0, 0.1) is 0 Å². The van der Waals surface area contributed by atoms with Gasteiger partial charge in [-0.15, -0.1) is 10.2 Å². The highest BCUT2D eigenvalue weighted by Gasteiger charge is 2.21. The quantitative estimate of drug-likeness (QED) is 0.512. The first-order valence-electron chi connectivity index (χ1n) is 10.2. The summed E-state index contributed by atoms with van der Waals surface area (Å²) in [5.41, 5.74) is 2.23. The second-order valence-corrected chi connectivity index (χ2v) is 8.26. The number of nitrogens with zero attached hydrogens (tertiary/aromatic N) is 4. The monoisotopic (exact) mass is 437 g/mol. The Balaban J connectivity index is 1.68. The molecule has 7 nitrogen and oxygen atoms in total. The van der Waals surface area contributed by atoms with Gasteiger partial charge < -0.3 is 14.8 Å². The van der Waals surface area contributed by atoms with E-state index in [-0.39, 0.29) is 23.6 Å². The fourth-order valence-electron chi connectivity index (χ4n) is 3.05. The summed E-state index contributed by atoms with van der Waals surface area (Å²) in [4.78, 5) is 27.5. The van der Waals surface area contributed by atoms with Crippen molar-refractivity contribution in [3.63, 3.8) is 0 Å². The molecule has 0 aliphatic carbocycles. The van der Waals surface area contributed by atoms with Crippen LogP contribution in [-0.2, 0) is 18.4 Å². The van der Waals surface area contributed by atoms with Gasteiger partial charge in [0.05, 0.1) is 5.75 Å². The predicted molar refractivity (Wildman–Crippen MR) is 123 cm³/mol. The maximum Gasteiger partial charge on any atom is 0.254 e. The van der Waals surface area contributed by atoms with Crippen molar-refractivity contribution in [3.8, 4) is 0 Å². The molecule has 2 aromatic carbocycles. The molecule has 1 heterocycles. The summed E-state index contributed by atoms with van der Waals surface area (Å²) in [6, 6.07) is 17.1. The number of benzene rings is 2. The van der Waals surface area contributed by atoms with Gasteiger partial charge in [-0.1, -0.05) is 55.1 Å². The molecule has 0 saturated carbocycles. The predicted octanol–water partition coefficient (Wildman–Crippen LogP) is 3.99. The van der Waals surface area contributed by atoms with Gasteiger partial charge >= 0.3 is 0 Å². The molecular formula is C23H27N5O2S. The summed E-state index contributed by atoms with van der Waals surface area (Å²) in [5.74, 6) is -0.0130. The molecule has 0 radical (unpaired) electrons. The molecule has 0 fully saturated rings. The van der Waals surface area contributed by atoms with E-state index in [1.807, 2.05) is 42.3 Å². The molecule has 1 N–H and O–H groups in total. The second-order valence-electron chi connectivity index (χ2n) is 7.32. The lowest BCUT2D eigenvalue weighted by molar-refractivity contribution is -0.113. The Morgan fingerprint density at radius 3 is 2.61 bits per heavy atom. The number of nitrogens with one attached hydrogen (secondary N) is 1. The lowest BCUT2D eigenvalue weighted by Crippen LogP contribution is -2.37. The van der Waals surface area contributed by atoms with Crippen LogP contribution in [0.1, 0.15) is 36.2 Å².